The summed E-state index contributed by atoms with van der Waals surface area (Å²) < 4.78 is 16.7. The second-order valence-electron chi connectivity index (χ2n) is 16.7. The van der Waals surface area contributed by atoms with Crippen molar-refractivity contribution < 1.29 is 28.6 Å². The van der Waals surface area contributed by atoms with Gasteiger partial charge in [0.25, 0.3) is 0 Å². The molecule has 366 valence electrons. The summed E-state index contributed by atoms with van der Waals surface area (Å²) in [7, 11) is 0. The summed E-state index contributed by atoms with van der Waals surface area (Å²) in [4.78, 5) is 38.0. The van der Waals surface area contributed by atoms with Crippen LogP contribution in [-0.4, -0.2) is 37.2 Å². The topological polar surface area (TPSA) is 78.9 Å². The van der Waals surface area contributed by atoms with Crippen molar-refractivity contribution in [3.05, 3.63) is 122 Å². The van der Waals surface area contributed by atoms with Crippen molar-refractivity contribution in [3.63, 3.8) is 0 Å². The molecule has 0 aliphatic carbocycles. The monoisotopic (exact) mass is 899 g/mol. The van der Waals surface area contributed by atoms with Gasteiger partial charge in [0.05, 0.1) is 0 Å². The molecule has 0 aromatic carbocycles. The van der Waals surface area contributed by atoms with Crippen molar-refractivity contribution in [2.24, 2.45) is 0 Å². The normalized spacial score (nSPS) is 13.1. The minimum atomic E-state index is -0.817. The molecule has 0 amide bonds. The Hall–Kier alpha value is -4.19. The van der Waals surface area contributed by atoms with Gasteiger partial charge >= 0.3 is 17.9 Å². The van der Waals surface area contributed by atoms with Crippen molar-refractivity contribution in [1.29, 1.82) is 0 Å². The summed E-state index contributed by atoms with van der Waals surface area (Å²) in [6, 6.07) is 0. The van der Waals surface area contributed by atoms with E-state index in [-0.39, 0.29) is 37.5 Å². The predicted molar refractivity (Wildman–Crippen MR) is 279 cm³/mol. The van der Waals surface area contributed by atoms with Crippen molar-refractivity contribution >= 4 is 17.9 Å². The molecule has 6 nitrogen and oxygen atoms in total. The van der Waals surface area contributed by atoms with Crippen LogP contribution in [0.3, 0.4) is 0 Å². The predicted octanol–water partition coefficient (Wildman–Crippen LogP) is 17.3. The fourth-order valence-electron chi connectivity index (χ4n) is 6.62. The highest BCUT2D eigenvalue weighted by molar-refractivity contribution is 5.71. The van der Waals surface area contributed by atoms with Crippen LogP contribution in [0.4, 0.5) is 0 Å². The molecule has 0 fully saturated rings. The van der Waals surface area contributed by atoms with E-state index in [0.717, 1.165) is 116 Å². The van der Waals surface area contributed by atoms with Crippen LogP contribution in [0, 0.1) is 0 Å². The van der Waals surface area contributed by atoms with Crippen LogP contribution < -0.4 is 0 Å². The Balaban J connectivity index is 4.53. The SMILES string of the molecule is CC\C=C/C=C\C=C/CCCCCCCC(=O)OCC(COC(=O)CCC/C=C\C/C=C\C/C=C\C/C=C\C/C=C\CC)OC(=O)CCCCCCCCC/C=C\C/C=C\CCCCC. The summed E-state index contributed by atoms with van der Waals surface area (Å²) >= 11 is 0. The molecule has 1 unspecified atom stereocenters. The second kappa shape index (κ2) is 52.4. The highest BCUT2D eigenvalue weighted by Crippen LogP contribution is 2.13. The smallest absolute Gasteiger partial charge is 0.306 e. The van der Waals surface area contributed by atoms with E-state index in [4.69, 9.17) is 14.2 Å². The Labute approximate surface area is 399 Å². The lowest BCUT2D eigenvalue weighted by atomic mass is 10.1. The molecule has 6 heteroatoms. The number of hydrogen-bond acceptors (Lipinski definition) is 6. The van der Waals surface area contributed by atoms with Gasteiger partial charge < -0.3 is 14.2 Å². The van der Waals surface area contributed by atoms with E-state index in [1.807, 2.05) is 0 Å². The highest BCUT2D eigenvalue weighted by atomic mass is 16.6. The number of unbranched alkanes of at least 4 members (excludes halogenated alkanes) is 16. The minimum Gasteiger partial charge on any atom is -0.462 e. The first-order chi connectivity index (χ1) is 32.0. The van der Waals surface area contributed by atoms with Crippen molar-refractivity contribution in [1.82, 2.24) is 0 Å². The molecule has 1 atom stereocenters. The first-order valence-corrected chi connectivity index (χ1v) is 26.1. The van der Waals surface area contributed by atoms with Gasteiger partial charge in [0.2, 0.25) is 0 Å². The van der Waals surface area contributed by atoms with Gasteiger partial charge in [0.1, 0.15) is 13.2 Å². The van der Waals surface area contributed by atoms with Crippen LogP contribution >= 0.6 is 0 Å². The van der Waals surface area contributed by atoms with Gasteiger partial charge in [-0.15, -0.1) is 0 Å². The Morgan fingerprint density at radius 1 is 0.338 bits per heavy atom. The number of carbonyl (C=O) groups excluding carboxylic acids is 3. The average Bonchev–Trinajstić information content (AvgIpc) is 3.30. The number of esters is 3. The van der Waals surface area contributed by atoms with Crippen molar-refractivity contribution in [2.75, 3.05) is 13.2 Å². The Kier molecular flexibility index (Phi) is 49.1. The average molecular weight is 899 g/mol. The molecule has 0 bridgehead atoms. The molecule has 0 spiro atoms. The summed E-state index contributed by atoms with van der Waals surface area (Å²) in [5.74, 6) is -1.01. The number of hydrogen-bond donors (Lipinski definition) is 0. The van der Waals surface area contributed by atoms with Gasteiger partial charge in [-0.05, 0) is 109 Å². The first kappa shape index (κ1) is 60.8. The molecule has 0 radical (unpaired) electrons. The molecular weight excluding hydrogens is 805 g/mol. The zero-order chi connectivity index (χ0) is 47.2. The third-order valence-corrected chi connectivity index (χ3v) is 10.5. The molecule has 65 heavy (non-hydrogen) atoms. The van der Waals surface area contributed by atoms with E-state index in [2.05, 4.69) is 142 Å². The standard InChI is InChI=1S/C59H94O6/c1-4-7-10-13-16-19-22-25-27-29-31-34-37-40-43-46-49-52-58(61)64-55-56(54-63-57(60)51-48-45-42-39-36-33-24-21-18-15-12-9-6-3)65-59(62)53-50-47-44-41-38-35-32-30-28-26-23-20-17-14-11-8-5-2/h7,9-10,12,15-21,24-28,31,34,40,43,56H,4-6,8,11,13-14,22-23,29-30,32-33,35-39,41-42,44-55H2,1-3H3/b10-7-,12-9-,18-15-,19-16-,20-17-,24-21-,27-25-,28-26-,34-31-,43-40-. The molecule has 0 heterocycles. The third-order valence-electron chi connectivity index (χ3n) is 10.5. The number of allylic oxidation sites excluding steroid dienone is 20. The lowest BCUT2D eigenvalue weighted by Gasteiger charge is -2.18. The van der Waals surface area contributed by atoms with E-state index in [1.54, 1.807) is 0 Å². The summed E-state index contributed by atoms with van der Waals surface area (Å²) in [6.45, 7) is 6.28. The molecule has 0 aliphatic heterocycles. The molecule has 0 saturated carbocycles. The van der Waals surface area contributed by atoms with Gasteiger partial charge in [0.15, 0.2) is 6.10 Å². The first-order valence-electron chi connectivity index (χ1n) is 26.1. The van der Waals surface area contributed by atoms with Gasteiger partial charge in [-0.2, -0.15) is 0 Å². The second-order valence-corrected chi connectivity index (χ2v) is 16.7. The van der Waals surface area contributed by atoms with E-state index in [1.165, 1.54) is 51.4 Å². The zero-order valence-corrected chi connectivity index (χ0v) is 41.7. The lowest BCUT2D eigenvalue weighted by molar-refractivity contribution is -0.167. The fourth-order valence-corrected chi connectivity index (χ4v) is 6.62. The quantitative estimate of drug-likeness (QED) is 0.0199. The molecule has 0 aliphatic rings. The van der Waals surface area contributed by atoms with E-state index >= 15 is 0 Å². The molecule has 0 rings (SSSR count). The zero-order valence-electron chi connectivity index (χ0n) is 41.7. The number of rotatable bonds is 45. The van der Waals surface area contributed by atoms with Crippen LogP contribution in [0.5, 0.6) is 0 Å². The molecule has 0 saturated heterocycles. The Morgan fingerprint density at radius 3 is 1.17 bits per heavy atom. The van der Waals surface area contributed by atoms with Gasteiger partial charge in [0, 0.05) is 19.3 Å². The molecule has 0 N–H and O–H groups in total. The van der Waals surface area contributed by atoms with E-state index in [9.17, 15) is 14.4 Å². The molecule has 0 aromatic rings. The van der Waals surface area contributed by atoms with Gasteiger partial charge in [-0.25, -0.2) is 0 Å². The van der Waals surface area contributed by atoms with Gasteiger partial charge in [-0.1, -0.05) is 206 Å². The maximum absolute atomic E-state index is 12.8. The van der Waals surface area contributed by atoms with Crippen LogP contribution in [-0.2, 0) is 28.6 Å². The summed E-state index contributed by atoms with van der Waals surface area (Å²) in [6.07, 6.45) is 71.8. The maximum atomic E-state index is 12.8. The van der Waals surface area contributed by atoms with Gasteiger partial charge in [-0.3, -0.25) is 14.4 Å². The van der Waals surface area contributed by atoms with Crippen LogP contribution in [0.2, 0.25) is 0 Å². The van der Waals surface area contributed by atoms with Crippen molar-refractivity contribution in [3.8, 4) is 0 Å². The van der Waals surface area contributed by atoms with Crippen molar-refractivity contribution in [2.45, 2.75) is 219 Å². The largest absolute Gasteiger partial charge is 0.462 e. The summed E-state index contributed by atoms with van der Waals surface area (Å²) in [5, 5.41) is 0. The minimum absolute atomic E-state index is 0.113. The Morgan fingerprint density at radius 2 is 0.692 bits per heavy atom. The third kappa shape index (κ3) is 50.7. The van der Waals surface area contributed by atoms with E-state index in [0.29, 0.717) is 19.3 Å². The van der Waals surface area contributed by atoms with Crippen LogP contribution in [0.15, 0.2) is 122 Å². The summed E-state index contributed by atoms with van der Waals surface area (Å²) in [5.41, 5.74) is 0. The van der Waals surface area contributed by atoms with E-state index < -0.39 is 6.10 Å². The number of ether oxygens (including phenoxy) is 3. The maximum Gasteiger partial charge on any atom is 0.306 e. The number of carbonyl (C=O) groups is 3. The Bertz CT molecular complexity index is 1400. The highest BCUT2D eigenvalue weighted by Gasteiger charge is 2.19. The molecular formula is C59H94O6. The van der Waals surface area contributed by atoms with Crippen LogP contribution in [0.25, 0.3) is 0 Å². The van der Waals surface area contributed by atoms with Crippen LogP contribution in [0.1, 0.15) is 213 Å². The molecule has 0 aromatic heterocycles. The fraction of sp³-hybridized carbons (Fsp3) is 0.610. The lowest BCUT2D eigenvalue weighted by Crippen LogP contribution is -2.30.